The van der Waals surface area contributed by atoms with Gasteiger partial charge in [0.15, 0.2) is 0 Å². The van der Waals surface area contributed by atoms with E-state index in [1.54, 1.807) is 0 Å². The summed E-state index contributed by atoms with van der Waals surface area (Å²) in [6, 6.07) is 5.70. The zero-order valence-electron chi connectivity index (χ0n) is 7.46. The first-order valence-corrected chi connectivity index (χ1v) is 3.93. The average molecular weight is 162 g/mol. The van der Waals surface area contributed by atoms with Gasteiger partial charge in [0.1, 0.15) is 0 Å². The van der Waals surface area contributed by atoms with E-state index >= 15 is 0 Å². The lowest BCUT2D eigenvalue weighted by Crippen LogP contribution is -1.94. The molecule has 0 fully saturated rings. The van der Waals surface area contributed by atoms with Crippen LogP contribution >= 0.6 is 0 Å². The molecule has 64 valence electrons. The Hall–Kier alpha value is -1.44. The highest BCUT2D eigenvalue weighted by Gasteiger charge is 1.97. The van der Waals surface area contributed by atoms with Crippen LogP contribution in [0.5, 0.6) is 0 Å². The van der Waals surface area contributed by atoms with E-state index in [1.165, 1.54) is 5.57 Å². The fourth-order valence-corrected chi connectivity index (χ4v) is 0.987. The molecule has 4 N–H and O–H groups in total. The smallest absolute Gasteiger partial charge is 0.0553 e. The van der Waals surface area contributed by atoms with Crippen LogP contribution in [0.25, 0.3) is 5.57 Å². The monoisotopic (exact) mass is 162 g/mol. The van der Waals surface area contributed by atoms with Crippen LogP contribution in [-0.4, -0.2) is 0 Å². The molecule has 1 aromatic carbocycles. The molecule has 0 aliphatic heterocycles. The van der Waals surface area contributed by atoms with Crippen LogP contribution in [0.15, 0.2) is 24.3 Å². The Bertz CT molecular complexity index is 314. The highest BCUT2D eigenvalue weighted by molar-refractivity contribution is 5.72. The molecule has 0 aliphatic carbocycles. The summed E-state index contributed by atoms with van der Waals surface area (Å²) in [5.41, 5.74) is 14.9. The number of rotatable bonds is 1. The van der Waals surface area contributed by atoms with E-state index in [9.17, 15) is 0 Å². The first-order chi connectivity index (χ1) is 5.65. The van der Waals surface area contributed by atoms with Gasteiger partial charge in [-0.3, -0.25) is 0 Å². The van der Waals surface area contributed by atoms with Crippen LogP contribution in [-0.2, 0) is 0 Å². The standard InChI is InChI=1S/C10H14N2/c1-3-7(2)8-4-5-9(11)10(12)6-8/h3-6H,11-12H2,1-2H3. The highest BCUT2D eigenvalue weighted by atomic mass is 14.7. The summed E-state index contributed by atoms with van der Waals surface area (Å²) in [6.07, 6.45) is 2.05. The highest BCUT2D eigenvalue weighted by Crippen LogP contribution is 2.21. The minimum absolute atomic E-state index is 0.641. The molecule has 0 spiro atoms. The van der Waals surface area contributed by atoms with Gasteiger partial charge in [0, 0.05) is 0 Å². The molecule has 0 atom stereocenters. The molecule has 0 aromatic heterocycles. The summed E-state index contributed by atoms with van der Waals surface area (Å²) >= 11 is 0. The first-order valence-electron chi connectivity index (χ1n) is 3.93. The number of benzene rings is 1. The van der Waals surface area contributed by atoms with E-state index in [-0.39, 0.29) is 0 Å². The van der Waals surface area contributed by atoms with Crippen molar-refractivity contribution in [2.45, 2.75) is 13.8 Å². The lowest BCUT2D eigenvalue weighted by molar-refractivity contribution is 1.54. The Morgan fingerprint density at radius 2 is 1.92 bits per heavy atom. The van der Waals surface area contributed by atoms with E-state index in [0.29, 0.717) is 11.4 Å². The summed E-state index contributed by atoms with van der Waals surface area (Å²) in [5.74, 6) is 0. The first kappa shape index (κ1) is 8.65. The van der Waals surface area contributed by atoms with Crippen molar-refractivity contribution in [2.75, 3.05) is 11.5 Å². The van der Waals surface area contributed by atoms with Crippen molar-refractivity contribution in [3.05, 3.63) is 29.8 Å². The maximum Gasteiger partial charge on any atom is 0.0553 e. The molecule has 0 bridgehead atoms. The number of nitrogen functional groups attached to an aromatic ring is 2. The Kier molecular flexibility index (Phi) is 2.38. The average Bonchev–Trinajstić information content (AvgIpc) is 2.08. The molecule has 1 aromatic rings. The van der Waals surface area contributed by atoms with Crippen LogP contribution in [0.1, 0.15) is 19.4 Å². The molecule has 0 saturated heterocycles. The molecule has 0 unspecified atom stereocenters. The van der Waals surface area contributed by atoms with Crippen LogP contribution in [0.4, 0.5) is 11.4 Å². The summed E-state index contributed by atoms with van der Waals surface area (Å²) in [4.78, 5) is 0. The molecule has 0 aliphatic rings. The third-order valence-electron chi connectivity index (χ3n) is 1.98. The van der Waals surface area contributed by atoms with E-state index in [4.69, 9.17) is 11.5 Å². The quantitative estimate of drug-likeness (QED) is 0.622. The third kappa shape index (κ3) is 1.59. The maximum atomic E-state index is 5.66. The van der Waals surface area contributed by atoms with Crippen LogP contribution in [0.2, 0.25) is 0 Å². The molecule has 2 nitrogen and oxygen atoms in total. The summed E-state index contributed by atoms with van der Waals surface area (Å²) < 4.78 is 0. The van der Waals surface area contributed by atoms with E-state index in [0.717, 1.165) is 5.56 Å². The van der Waals surface area contributed by atoms with E-state index in [1.807, 2.05) is 38.1 Å². The van der Waals surface area contributed by atoms with Crippen molar-refractivity contribution in [1.82, 2.24) is 0 Å². The van der Waals surface area contributed by atoms with Gasteiger partial charge in [0.25, 0.3) is 0 Å². The number of anilines is 2. The third-order valence-corrected chi connectivity index (χ3v) is 1.98. The van der Waals surface area contributed by atoms with Gasteiger partial charge in [0.05, 0.1) is 11.4 Å². The number of allylic oxidation sites excluding steroid dienone is 2. The van der Waals surface area contributed by atoms with E-state index < -0.39 is 0 Å². The van der Waals surface area contributed by atoms with Crippen molar-refractivity contribution in [3.63, 3.8) is 0 Å². The minimum atomic E-state index is 0.641. The molecule has 0 heterocycles. The lowest BCUT2D eigenvalue weighted by Gasteiger charge is -2.04. The van der Waals surface area contributed by atoms with Crippen molar-refractivity contribution in [1.29, 1.82) is 0 Å². The molecule has 1 rings (SSSR count). The zero-order chi connectivity index (χ0) is 9.14. The fraction of sp³-hybridized carbons (Fsp3) is 0.200. The molecular weight excluding hydrogens is 148 g/mol. The zero-order valence-corrected chi connectivity index (χ0v) is 7.46. The van der Waals surface area contributed by atoms with Crippen LogP contribution < -0.4 is 11.5 Å². The maximum absolute atomic E-state index is 5.66. The predicted octanol–water partition coefficient (Wildman–Crippen LogP) is 2.27. The fourth-order valence-electron chi connectivity index (χ4n) is 0.987. The number of hydrogen-bond acceptors (Lipinski definition) is 2. The van der Waals surface area contributed by atoms with Gasteiger partial charge in [-0.05, 0) is 37.1 Å². The Morgan fingerprint density at radius 1 is 1.25 bits per heavy atom. The lowest BCUT2D eigenvalue weighted by atomic mass is 10.1. The summed E-state index contributed by atoms with van der Waals surface area (Å²) in [5, 5.41) is 0. The topological polar surface area (TPSA) is 52.0 Å². The van der Waals surface area contributed by atoms with Gasteiger partial charge >= 0.3 is 0 Å². The molecular formula is C10H14N2. The number of hydrogen-bond donors (Lipinski definition) is 2. The van der Waals surface area contributed by atoms with E-state index in [2.05, 4.69) is 0 Å². The van der Waals surface area contributed by atoms with Crippen molar-refractivity contribution < 1.29 is 0 Å². The second-order valence-electron chi connectivity index (χ2n) is 2.82. The van der Waals surface area contributed by atoms with Crippen LogP contribution in [0, 0.1) is 0 Å². The normalized spacial score (nSPS) is 11.7. The second-order valence-corrected chi connectivity index (χ2v) is 2.82. The molecule has 2 heteroatoms. The molecule has 0 saturated carbocycles. The molecule has 0 amide bonds. The van der Waals surface area contributed by atoms with Crippen LogP contribution in [0.3, 0.4) is 0 Å². The molecule has 0 radical (unpaired) electrons. The van der Waals surface area contributed by atoms with Gasteiger partial charge in [-0.25, -0.2) is 0 Å². The summed E-state index contributed by atoms with van der Waals surface area (Å²) in [6.45, 7) is 4.05. The van der Waals surface area contributed by atoms with Gasteiger partial charge in [-0.15, -0.1) is 0 Å². The van der Waals surface area contributed by atoms with Crippen molar-refractivity contribution in [2.24, 2.45) is 0 Å². The molecule has 12 heavy (non-hydrogen) atoms. The minimum Gasteiger partial charge on any atom is -0.397 e. The second kappa shape index (κ2) is 3.30. The Labute approximate surface area is 72.9 Å². The van der Waals surface area contributed by atoms with Gasteiger partial charge in [0.2, 0.25) is 0 Å². The van der Waals surface area contributed by atoms with Crippen molar-refractivity contribution in [3.8, 4) is 0 Å². The van der Waals surface area contributed by atoms with Gasteiger partial charge < -0.3 is 11.5 Å². The SMILES string of the molecule is CC=C(C)c1ccc(N)c(N)c1. The number of nitrogens with two attached hydrogens (primary N) is 2. The Balaban J connectivity index is 3.13. The summed E-state index contributed by atoms with van der Waals surface area (Å²) in [7, 11) is 0. The van der Waals surface area contributed by atoms with Crippen molar-refractivity contribution >= 4 is 16.9 Å². The van der Waals surface area contributed by atoms with Gasteiger partial charge in [-0.2, -0.15) is 0 Å². The Morgan fingerprint density at radius 3 is 2.42 bits per heavy atom. The predicted molar refractivity (Wildman–Crippen MR) is 54.6 cm³/mol. The largest absolute Gasteiger partial charge is 0.397 e. The van der Waals surface area contributed by atoms with Gasteiger partial charge in [-0.1, -0.05) is 12.1 Å².